The quantitative estimate of drug-likeness (QED) is 0.734. The summed E-state index contributed by atoms with van der Waals surface area (Å²) in [4.78, 5) is 12.7. The first kappa shape index (κ1) is 20.8. The highest BCUT2D eigenvalue weighted by molar-refractivity contribution is 7.92. The van der Waals surface area contributed by atoms with E-state index in [0.29, 0.717) is 17.2 Å². The second kappa shape index (κ2) is 8.60. The zero-order valence-electron chi connectivity index (χ0n) is 16.5. The molecule has 2 atom stereocenters. The van der Waals surface area contributed by atoms with Crippen LogP contribution in [-0.4, -0.2) is 53.0 Å². The molecule has 0 aromatic heterocycles. The molecule has 1 aliphatic heterocycles. The average Bonchev–Trinajstić information content (AvgIpc) is 2.71. The van der Waals surface area contributed by atoms with Gasteiger partial charge in [0.25, 0.3) is 5.91 Å². The molecule has 0 aliphatic carbocycles. The van der Waals surface area contributed by atoms with E-state index in [1.165, 1.54) is 4.31 Å². The maximum atomic E-state index is 12.7. The summed E-state index contributed by atoms with van der Waals surface area (Å²) in [5.41, 5.74) is 0.426. The Labute approximate surface area is 170 Å². The highest BCUT2D eigenvalue weighted by Gasteiger charge is 2.35. The van der Waals surface area contributed by atoms with Crippen LogP contribution in [0.2, 0.25) is 0 Å². The van der Waals surface area contributed by atoms with E-state index in [0.717, 1.165) is 12.0 Å². The van der Waals surface area contributed by atoms with Crippen LogP contribution in [0.1, 0.15) is 6.92 Å². The van der Waals surface area contributed by atoms with E-state index in [4.69, 9.17) is 14.2 Å². The molecule has 8 nitrogen and oxygen atoms in total. The zero-order chi connectivity index (χ0) is 21.0. The first-order chi connectivity index (χ1) is 13.8. The Bertz CT molecular complexity index is 961. The fraction of sp³-hybridized carbons (Fsp3) is 0.350. The summed E-state index contributed by atoms with van der Waals surface area (Å²) in [6.45, 7) is 1.96. The van der Waals surface area contributed by atoms with Crippen LogP contribution in [0, 0.1) is 0 Å². The molecule has 3 rings (SSSR count). The lowest BCUT2D eigenvalue weighted by atomic mass is 10.2. The minimum Gasteiger partial charge on any atom is -0.497 e. The van der Waals surface area contributed by atoms with Crippen molar-refractivity contribution in [3.8, 4) is 17.2 Å². The molecule has 29 heavy (non-hydrogen) atoms. The highest BCUT2D eigenvalue weighted by Crippen LogP contribution is 2.34. The number of para-hydroxylation sites is 2. The molecule has 1 N–H and O–H groups in total. The van der Waals surface area contributed by atoms with E-state index in [2.05, 4.69) is 5.32 Å². The average molecular weight is 420 g/mol. The van der Waals surface area contributed by atoms with Crippen molar-refractivity contribution in [3.63, 3.8) is 0 Å². The maximum absolute atomic E-state index is 12.7. The standard InChI is InChI=1S/C20H24N2O6S/c1-14(13-27-16-10-8-15(26-2)9-11-16)21-20(23)19-12-22(29(3,24)25)17-6-4-5-7-18(17)28-19/h4-11,14,19H,12-13H2,1-3H3,(H,21,23)/t14-,19-/m0/s1. The Morgan fingerprint density at radius 1 is 1.21 bits per heavy atom. The van der Waals surface area contributed by atoms with E-state index in [-0.39, 0.29) is 19.2 Å². The lowest BCUT2D eigenvalue weighted by Crippen LogP contribution is -2.52. The van der Waals surface area contributed by atoms with Gasteiger partial charge in [0.2, 0.25) is 10.0 Å². The summed E-state index contributed by atoms with van der Waals surface area (Å²) in [7, 11) is -1.96. The molecule has 0 bridgehead atoms. The predicted molar refractivity (Wildman–Crippen MR) is 109 cm³/mol. The number of rotatable bonds is 7. The number of nitrogens with one attached hydrogen (secondary N) is 1. The molecule has 0 spiro atoms. The Morgan fingerprint density at radius 3 is 2.52 bits per heavy atom. The van der Waals surface area contributed by atoms with Crippen molar-refractivity contribution in [2.75, 3.05) is 30.8 Å². The van der Waals surface area contributed by atoms with Gasteiger partial charge in [0.15, 0.2) is 6.10 Å². The van der Waals surface area contributed by atoms with Crippen molar-refractivity contribution in [3.05, 3.63) is 48.5 Å². The van der Waals surface area contributed by atoms with E-state index in [1.807, 2.05) is 0 Å². The van der Waals surface area contributed by atoms with Crippen molar-refractivity contribution in [1.82, 2.24) is 5.32 Å². The molecule has 2 aromatic rings. The maximum Gasteiger partial charge on any atom is 0.263 e. The fourth-order valence-corrected chi connectivity index (χ4v) is 3.84. The number of carbonyl (C=O) groups excluding carboxylic acids is 1. The first-order valence-corrected chi connectivity index (χ1v) is 10.9. The van der Waals surface area contributed by atoms with Crippen molar-refractivity contribution >= 4 is 21.6 Å². The van der Waals surface area contributed by atoms with Gasteiger partial charge in [0.1, 0.15) is 23.9 Å². The van der Waals surface area contributed by atoms with Gasteiger partial charge in [-0.2, -0.15) is 0 Å². The number of fused-ring (bicyclic) bond motifs is 1. The van der Waals surface area contributed by atoms with Gasteiger partial charge >= 0.3 is 0 Å². The minimum absolute atomic E-state index is 0.0895. The Balaban J connectivity index is 1.61. The lowest BCUT2D eigenvalue weighted by molar-refractivity contribution is -0.128. The molecule has 1 aliphatic rings. The third-order valence-electron chi connectivity index (χ3n) is 4.38. The van der Waals surface area contributed by atoms with Crippen LogP contribution < -0.4 is 23.8 Å². The van der Waals surface area contributed by atoms with Gasteiger partial charge in [-0.25, -0.2) is 8.42 Å². The minimum atomic E-state index is -3.55. The number of nitrogens with zero attached hydrogens (tertiary/aromatic N) is 1. The van der Waals surface area contributed by atoms with Crippen LogP contribution in [0.3, 0.4) is 0 Å². The third-order valence-corrected chi connectivity index (χ3v) is 5.52. The summed E-state index contributed by atoms with van der Waals surface area (Å²) in [6, 6.07) is 13.6. The molecule has 0 saturated heterocycles. The molecule has 9 heteroatoms. The number of ether oxygens (including phenoxy) is 3. The van der Waals surface area contributed by atoms with Crippen molar-refractivity contribution in [2.24, 2.45) is 0 Å². The van der Waals surface area contributed by atoms with E-state index in [1.54, 1.807) is 62.6 Å². The van der Waals surface area contributed by atoms with Gasteiger partial charge in [-0.3, -0.25) is 9.10 Å². The highest BCUT2D eigenvalue weighted by atomic mass is 32.2. The van der Waals surface area contributed by atoms with Gasteiger partial charge in [-0.1, -0.05) is 12.1 Å². The molecule has 2 aromatic carbocycles. The molecule has 0 fully saturated rings. The van der Waals surface area contributed by atoms with Crippen LogP contribution in [0.5, 0.6) is 17.2 Å². The first-order valence-electron chi connectivity index (χ1n) is 9.08. The Morgan fingerprint density at radius 2 is 1.86 bits per heavy atom. The number of hydrogen-bond donors (Lipinski definition) is 1. The molecule has 1 heterocycles. The largest absolute Gasteiger partial charge is 0.497 e. The van der Waals surface area contributed by atoms with Crippen molar-refractivity contribution in [2.45, 2.75) is 19.1 Å². The van der Waals surface area contributed by atoms with Gasteiger partial charge in [0, 0.05) is 0 Å². The fourth-order valence-electron chi connectivity index (χ4n) is 2.92. The molecule has 1 amide bonds. The second-order valence-corrected chi connectivity index (χ2v) is 8.67. The Hall–Kier alpha value is -2.94. The third kappa shape index (κ3) is 5.11. The molecule has 156 valence electrons. The normalized spacial score (nSPS) is 16.9. The van der Waals surface area contributed by atoms with E-state index >= 15 is 0 Å². The van der Waals surface area contributed by atoms with Crippen LogP contribution in [0.25, 0.3) is 0 Å². The number of sulfonamides is 1. The summed E-state index contributed by atoms with van der Waals surface area (Å²) in [5, 5.41) is 2.81. The number of benzene rings is 2. The van der Waals surface area contributed by atoms with Crippen LogP contribution >= 0.6 is 0 Å². The number of amides is 1. The van der Waals surface area contributed by atoms with Gasteiger partial charge < -0.3 is 19.5 Å². The van der Waals surface area contributed by atoms with Crippen LogP contribution in [-0.2, 0) is 14.8 Å². The smallest absolute Gasteiger partial charge is 0.263 e. The second-order valence-electron chi connectivity index (χ2n) is 6.76. The van der Waals surface area contributed by atoms with E-state index in [9.17, 15) is 13.2 Å². The monoisotopic (exact) mass is 420 g/mol. The summed E-state index contributed by atoms with van der Waals surface area (Å²) in [6.07, 6.45) is 0.151. The SMILES string of the molecule is COc1ccc(OC[C@H](C)NC(=O)[C@@H]2CN(S(C)(=O)=O)c3ccccc3O2)cc1. The number of carbonyl (C=O) groups is 1. The molecule has 0 saturated carbocycles. The van der Waals surface area contributed by atoms with E-state index < -0.39 is 22.0 Å². The molecule has 0 radical (unpaired) electrons. The summed E-state index contributed by atoms with van der Waals surface area (Å²) < 4.78 is 42.0. The zero-order valence-corrected chi connectivity index (χ0v) is 17.3. The number of anilines is 1. The molecule has 0 unspecified atom stereocenters. The molecular weight excluding hydrogens is 396 g/mol. The van der Waals surface area contributed by atoms with Crippen molar-refractivity contribution in [1.29, 1.82) is 0 Å². The predicted octanol–water partition coefficient (Wildman–Crippen LogP) is 1.81. The summed E-state index contributed by atoms with van der Waals surface area (Å²) in [5.74, 6) is 1.33. The number of methoxy groups -OCH3 is 1. The Kier molecular flexibility index (Phi) is 6.17. The molecular formula is C20H24N2O6S. The van der Waals surface area contributed by atoms with Crippen LogP contribution in [0.15, 0.2) is 48.5 Å². The topological polar surface area (TPSA) is 94.2 Å². The van der Waals surface area contributed by atoms with Gasteiger partial charge in [-0.15, -0.1) is 0 Å². The van der Waals surface area contributed by atoms with Gasteiger partial charge in [-0.05, 0) is 43.3 Å². The summed E-state index contributed by atoms with van der Waals surface area (Å²) >= 11 is 0. The lowest BCUT2D eigenvalue weighted by Gasteiger charge is -2.34. The van der Waals surface area contributed by atoms with Crippen molar-refractivity contribution < 1.29 is 27.4 Å². The number of hydrogen-bond acceptors (Lipinski definition) is 6. The van der Waals surface area contributed by atoms with Crippen LogP contribution in [0.4, 0.5) is 5.69 Å². The van der Waals surface area contributed by atoms with Gasteiger partial charge in [0.05, 0.1) is 31.6 Å².